The number of ether oxygens (including phenoxy) is 2. The van der Waals surface area contributed by atoms with E-state index in [1.54, 1.807) is 0 Å². The number of aliphatic hydroxyl groups excluding tert-OH is 1. The van der Waals surface area contributed by atoms with Crippen LogP contribution < -0.4 is 9.47 Å². The number of rotatable bonds is 7. The maximum atomic E-state index is 13.1. The molecule has 2 aromatic carbocycles. The smallest absolute Gasteiger partial charge is 0.295 e. The quantitative estimate of drug-likeness (QED) is 0.387. The van der Waals surface area contributed by atoms with E-state index in [4.69, 9.17) is 21.1 Å². The topological polar surface area (TPSA) is 79.3 Å². The van der Waals surface area contributed by atoms with Gasteiger partial charge in [-0.3, -0.25) is 9.59 Å². The fraction of sp³-hybridized carbons (Fsp3) is 0.333. The number of methoxy groups -OCH3 is 2. The van der Waals surface area contributed by atoms with Crippen LogP contribution in [0, 0.1) is 6.92 Å². The van der Waals surface area contributed by atoms with Gasteiger partial charge in [0, 0.05) is 19.2 Å². The van der Waals surface area contributed by atoms with E-state index in [0.29, 0.717) is 18.8 Å². The summed E-state index contributed by atoms with van der Waals surface area (Å²) in [5.74, 6) is -1.11. The number of benzene rings is 2. The molecular formula is C24H27ClN2O5. The molecule has 1 amide bonds. The second-order valence-corrected chi connectivity index (χ2v) is 8.30. The number of ketones is 1. The van der Waals surface area contributed by atoms with Crippen LogP contribution in [-0.2, 0) is 9.59 Å². The molecule has 32 heavy (non-hydrogen) atoms. The number of carbonyl (C=O) groups is 2. The van der Waals surface area contributed by atoms with E-state index >= 15 is 0 Å². The summed E-state index contributed by atoms with van der Waals surface area (Å²) < 4.78 is 10.6. The second kappa shape index (κ2) is 9.63. The summed E-state index contributed by atoms with van der Waals surface area (Å²) in [6.07, 6.45) is 0. The monoisotopic (exact) mass is 458 g/mol. The number of likely N-dealkylation sites (tertiary alicyclic amines) is 1. The van der Waals surface area contributed by atoms with Crippen molar-refractivity contribution < 1.29 is 24.2 Å². The third-order valence-electron chi connectivity index (χ3n) is 5.41. The lowest BCUT2D eigenvalue weighted by Crippen LogP contribution is -2.35. The van der Waals surface area contributed by atoms with Gasteiger partial charge in [-0.25, -0.2) is 0 Å². The second-order valence-electron chi connectivity index (χ2n) is 7.90. The minimum absolute atomic E-state index is 0.00103. The molecule has 0 saturated carbocycles. The van der Waals surface area contributed by atoms with Gasteiger partial charge in [0.15, 0.2) is 0 Å². The van der Waals surface area contributed by atoms with E-state index < -0.39 is 17.7 Å². The Morgan fingerprint density at radius 2 is 1.81 bits per heavy atom. The molecule has 7 nitrogen and oxygen atoms in total. The first kappa shape index (κ1) is 23.6. The zero-order valence-electron chi connectivity index (χ0n) is 18.8. The Morgan fingerprint density at radius 1 is 1.12 bits per heavy atom. The molecular weight excluding hydrogens is 432 g/mol. The zero-order chi connectivity index (χ0) is 23.6. The van der Waals surface area contributed by atoms with Gasteiger partial charge in [0.25, 0.3) is 11.7 Å². The number of nitrogens with zero attached hydrogens (tertiary/aromatic N) is 2. The van der Waals surface area contributed by atoms with Gasteiger partial charge in [-0.15, -0.1) is 0 Å². The Bertz CT molecular complexity index is 1080. The van der Waals surface area contributed by atoms with E-state index in [1.165, 1.54) is 31.3 Å². The summed E-state index contributed by atoms with van der Waals surface area (Å²) in [5.41, 5.74) is 1.93. The predicted molar refractivity (Wildman–Crippen MR) is 123 cm³/mol. The zero-order valence-corrected chi connectivity index (χ0v) is 19.6. The van der Waals surface area contributed by atoms with Crippen LogP contribution >= 0.6 is 11.6 Å². The Labute approximate surface area is 192 Å². The first-order valence-electron chi connectivity index (χ1n) is 10.1. The number of carbonyl (C=O) groups excluding carboxylic acids is 2. The van der Waals surface area contributed by atoms with E-state index in [-0.39, 0.29) is 27.7 Å². The molecule has 1 atom stereocenters. The summed E-state index contributed by atoms with van der Waals surface area (Å²) >= 11 is 6.28. The lowest BCUT2D eigenvalue weighted by Gasteiger charge is -2.27. The number of amides is 1. The molecule has 8 heteroatoms. The van der Waals surface area contributed by atoms with Gasteiger partial charge in [0.2, 0.25) is 0 Å². The molecule has 0 aliphatic carbocycles. The highest BCUT2D eigenvalue weighted by atomic mass is 35.5. The Hall–Kier alpha value is -3.03. The molecule has 2 aromatic rings. The van der Waals surface area contributed by atoms with Crippen molar-refractivity contribution in [2.24, 2.45) is 0 Å². The average molecular weight is 459 g/mol. The summed E-state index contributed by atoms with van der Waals surface area (Å²) in [5, 5.41) is 11.5. The van der Waals surface area contributed by atoms with E-state index in [0.717, 1.165) is 11.1 Å². The van der Waals surface area contributed by atoms with Crippen molar-refractivity contribution in [3.63, 3.8) is 0 Å². The number of hydrogen-bond donors (Lipinski definition) is 1. The lowest BCUT2D eigenvalue weighted by molar-refractivity contribution is -0.140. The number of aryl methyl sites for hydroxylation is 1. The van der Waals surface area contributed by atoms with Gasteiger partial charge in [-0.1, -0.05) is 41.4 Å². The third kappa shape index (κ3) is 4.45. The highest BCUT2D eigenvalue weighted by Gasteiger charge is 2.46. The number of likely N-dealkylation sites (N-methyl/N-ethyl adjacent to an activating group) is 1. The third-order valence-corrected chi connectivity index (χ3v) is 5.71. The van der Waals surface area contributed by atoms with Crippen LogP contribution in [0.5, 0.6) is 11.5 Å². The maximum absolute atomic E-state index is 13.1. The van der Waals surface area contributed by atoms with Gasteiger partial charge in [0.1, 0.15) is 17.3 Å². The van der Waals surface area contributed by atoms with Crippen LogP contribution in [0.2, 0.25) is 5.02 Å². The maximum Gasteiger partial charge on any atom is 0.295 e. The molecule has 1 aliphatic rings. The first-order valence-corrected chi connectivity index (χ1v) is 10.5. The van der Waals surface area contributed by atoms with Crippen molar-refractivity contribution in [3.05, 3.63) is 63.7 Å². The number of halogens is 1. The van der Waals surface area contributed by atoms with E-state index in [2.05, 4.69) is 0 Å². The average Bonchev–Trinajstić information content (AvgIpc) is 3.01. The summed E-state index contributed by atoms with van der Waals surface area (Å²) in [6.45, 7) is 2.82. The molecule has 0 spiro atoms. The van der Waals surface area contributed by atoms with Gasteiger partial charge >= 0.3 is 0 Å². The molecule has 0 bridgehead atoms. The Kier molecular flexibility index (Phi) is 7.11. The Morgan fingerprint density at radius 3 is 2.41 bits per heavy atom. The minimum atomic E-state index is -0.748. The lowest BCUT2D eigenvalue weighted by atomic mass is 9.94. The van der Waals surface area contributed by atoms with Crippen molar-refractivity contribution in [2.45, 2.75) is 13.0 Å². The largest absolute Gasteiger partial charge is 0.507 e. The van der Waals surface area contributed by atoms with Gasteiger partial charge < -0.3 is 24.4 Å². The number of Topliss-reactive ketones (excluding diaryl/α,β-unsaturated/α-hetero) is 1. The molecule has 0 aromatic heterocycles. The molecule has 1 unspecified atom stereocenters. The molecule has 0 radical (unpaired) electrons. The summed E-state index contributed by atoms with van der Waals surface area (Å²) in [6, 6.07) is 9.81. The van der Waals surface area contributed by atoms with Crippen LogP contribution in [0.4, 0.5) is 0 Å². The summed E-state index contributed by atoms with van der Waals surface area (Å²) in [7, 11) is 6.69. The number of hydrogen-bond acceptors (Lipinski definition) is 6. The highest BCUT2D eigenvalue weighted by molar-refractivity contribution is 6.46. The highest BCUT2D eigenvalue weighted by Crippen LogP contribution is 2.43. The van der Waals surface area contributed by atoms with Crippen LogP contribution in [0.25, 0.3) is 5.76 Å². The molecule has 1 N–H and O–H groups in total. The van der Waals surface area contributed by atoms with Crippen molar-refractivity contribution in [1.82, 2.24) is 9.80 Å². The van der Waals surface area contributed by atoms with Crippen molar-refractivity contribution in [2.75, 3.05) is 41.4 Å². The number of aliphatic hydroxyl groups is 1. The molecule has 1 aliphatic heterocycles. The molecule has 1 saturated heterocycles. The fourth-order valence-corrected chi connectivity index (χ4v) is 4.04. The predicted octanol–water partition coefficient (Wildman–Crippen LogP) is 3.65. The van der Waals surface area contributed by atoms with Gasteiger partial charge in [-0.05, 0) is 32.6 Å². The van der Waals surface area contributed by atoms with E-state index in [1.807, 2.05) is 50.2 Å². The van der Waals surface area contributed by atoms with Crippen LogP contribution in [0.15, 0.2) is 42.0 Å². The first-order chi connectivity index (χ1) is 15.2. The van der Waals surface area contributed by atoms with E-state index in [9.17, 15) is 14.7 Å². The molecule has 1 heterocycles. The van der Waals surface area contributed by atoms with Crippen LogP contribution in [0.1, 0.15) is 22.7 Å². The van der Waals surface area contributed by atoms with Crippen LogP contribution in [-0.4, -0.2) is 68.0 Å². The minimum Gasteiger partial charge on any atom is -0.507 e. The SMILES string of the molecule is COc1cc(OC)c(/C(O)=C2\C(=O)C(=O)N(CCN(C)C)C2c2cccc(C)c2)cc1Cl. The standard InChI is InChI=1S/C24H27ClN2O5/c1-14-7-6-8-15(11-14)21-20(23(29)24(30)27(21)10-9-26(2)3)22(28)16-12-17(25)19(32-5)13-18(16)31-4/h6-8,11-13,21,28H,9-10H2,1-5H3/b22-20+. The van der Waals surface area contributed by atoms with Crippen molar-refractivity contribution in [1.29, 1.82) is 0 Å². The molecule has 1 fully saturated rings. The van der Waals surface area contributed by atoms with Gasteiger partial charge in [-0.2, -0.15) is 0 Å². The normalized spacial score (nSPS) is 17.8. The molecule has 170 valence electrons. The molecule has 3 rings (SSSR count). The summed E-state index contributed by atoms with van der Waals surface area (Å²) in [4.78, 5) is 29.5. The van der Waals surface area contributed by atoms with Gasteiger partial charge in [0.05, 0.1) is 36.4 Å². The van der Waals surface area contributed by atoms with Crippen molar-refractivity contribution in [3.8, 4) is 11.5 Å². The fourth-order valence-electron chi connectivity index (χ4n) is 3.80. The van der Waals surface area contributed by atoms with Crippen molar-refractivity contribution >= 4 is 29.1 Å². The van der Waals surface area contributed by atoms with Crippen LogP contribution in [0.3, 0.4) is 0 Å². The Balaban J connectivity index is 2.23.